The summed E-state index contributed by atoms with van der Waals surface area (Å²) in [5.41, 5.74) is 8.05. The van der Waals surface area contributed by atoms with Crippen molar-refractivity contribution in [2.24, 2.45) is 5.73 Å². The molecule has 0 aliphatic rings. The zero-order valence-corrected chi connectivity index (χ0v) is 11.5. The lowest BCUT2D eigenvalue weighted by Gasteiger charge is -2.21. The van der Waals surface area contributed by atoms with Crippen LogP contribution in [0.3, 0.4) is 0 Å². The number of anilines is 1. The molecule has 3 N–H and O–H groups in total. The molecular formula is C14H24N2O. The van der Waals surface area contributed by atoms with E-state index in [4.69, 9.17) is 10.5 Å². The third-order valence-corrected chi connectivity index (χ3v) is 2.60. The summed E-state index contributed by atoms with van der Waals surface area (Å²) in [6, 6.07) is 6.16. The first kappa shape index (κ1) is 13.8. The molecule has 1 aromatic rings. The number of rotatable bonds is 5. The van der Waals surface area contributed by atoms with E-state index in [1.807, 2.05) is 26.0 Å². The first-order valence-corrected chi connectivity index (χ1v) is 6.04. The lowest BCUT2D eigenvalue weighted by molar-refractivity contribution is 0.407. The van der Waals surface area contributed by atoms with Crippen LogP contribution in [0.2, 0.25) is 0 Å². The molecule has 0 heterocycles. The maximum absolute atomic E-state index is 5.95. The van der Waals surface area contributed by atoms with E-state index >= 15 is 0 Å². The van der Waals surface area contributed by atoms with Crippen molar-refractivity contribution in [3.63, 3.8) is 0 Å². The topological polar surface area (TPSA) is 47.3 Å². The van der Waals surface area contributed by atoms with Crippen molar-refractivity contribution in [1.29, 1.82) is 0 Å². The van der Waals surface area contributed by atoms with Crippen LogP contribution in [0.4, 0.5) is 5.69 Å². The maximum atomic E-state index is 5.95. The second-order valence-electron chi connectivity index (χ2n) is 5.45. The zero-order chi connectivity index (χ0) is 13.1. The van der Waals surface area contributed by atoms with Gasteiger partial charge in [-0.3, -0.25) is 0 Å². The molecule has 3 nitrogen and oxygen atoms in total. The Morgan fingerprint density at radius 2 is 2.00 bits per heavy atom. The Balaban J connectivity index is 2.85. The number of nitrogens with one attached hydrogen (secondary N) is 1. The molecule has 0 atom stereocenters. The summed E-state index contributed by atoms with van der Waals surface area (Å²) in [5.74, 6) is 1.38. The number of hydrogen-bond acceptors (Lipinski definition) is 3. The van der Waals surface area contributed by atoms with Crippen LogP contribution in [-0.2, 0) is 0 Å². The van der Waals surface area contributed by atoms with Crippen LogP contribution in [0.25, 0.3) is 0 Å². The van der Waals surface area contributed by atoms with Gasteiger partial charge < -0.3 is 15.8 Å². The normalized spacial score (nSPS) is 11.7. The highest BCUT2D eigenvalue weighted by molar-refractivity contribution is 5.52. The summed E-state index contributed by atoms with van der Waals surface area (Å²) in [6.07, 6.45) is 0. The molecule has 0 saturated heterocycles. The van der Waals surface area contributed by atoms with Crippen LogP contribution < -0.4 is 15.8 Å². The minimum Gasteiger partial charge on any atom is -0.496 e. The lowest BCUT2D eigenvalue weighted by atomic mass is 10.0. The summed E-state index contributed by atoms with van der Waals surface area (Å²) < 4.78 is 5.35. The predicted octanol–water partition coefficient (Wildman–Crippen LogP) is 2.97. The average Bonchev–Trinajstić information content (AvgIpc) is 2.25. The molecule has 0 unspecified atom stereocenters. The quantitative estimate of drug-likeness (QED) is 0.826. The number of ether oxygens (including phenoxy) is 1. The van der Waals surface area contributed by atoms with Crippen LogP contribution in [0.1, 0.15) is 39.2 Å². The van der Waals surface area contributed by atoms with Gasteiger partial charge in [0.05, 0.1) is 7.11 Å². The molecular weight excluding hydrogens is 212 g/mol. The van der Waals surface area contributed by atoms with Crippen molar-refractivity contribution >= 4 is 5.69 Å². The first-order valence-electron chi connectivity index (χ1n) is 6.04. The predicted molar refractivity (Wildman–Crippen MR) is 73.8 cm³/mol. The molecule has 0 bridgehead atoms. The van der Waals surface area contributed by atoms with E-state index in [9.17, 15) is 0 Å². The monoisotopic (exact) mass is 236 g/mol. The molecule has 0 spiro atoms. The Labute approximate surface area is 104 Å². The highest BCUT2D eigenvalue weighted by Crippen LogP contribution is 2.29. The summed E-state index contributed by atoms with van der Waals surface area (Å²) in [7, 11) is 1.71. The van der Waals surface area contributed by atoms with Crippen LogP contribution >= 0.6 is 0 Å². The van der Waals surface area contributed by atoms with E-state index in [1.54, 1.807) is 7.11 Å². The van der Waals surface area contributed by atoms with Gasteiger partial charge in [0.2, 0.25) is 0 Å². The van der Waals surface area contributed by atoms with Crippen molar-refractivity contribution in [1.82, 2.24) is 0 Å². The largest absolute Gasteiger partial charge is 0.496 e. The van der Waals surface area contributed by atoms with E-state index in [2.05, 4.69) is 25.2 Å². The molecule has 1 aromatic carbocycles. The maximum Gasteiger partial charge on any atom is 0.122 e. The second-order valence-corrected chi connectivity index (χ2v) is 5.45. The van der Waals surface area contributed by atoms with E-state index in [0.717, 1.165) is 18.0 Å². The zero-order valence-electron chi connectivity index (χ0n) is 11.5. The molecule has 3 heteroatoms. The smallest absolute Gasteiger partial charge is 0.122 e. The van der Waals surface area contributed by atoms with Crippen molar-refractivity contribution in [2.45, 2.75) is 39.2 Å². The molecule has 0 aliphatic carbocycles. The minimum absolute atomic E-state index is 0.210. The van der Waals surface area contributed by atoms with Gasteiger partial charge in [0.25, 0.3) is 0 Å². The Hall–Kier alpha value is -1.22. The molecule has 96 valence electrons. The van der Waals surface area contributed by atoms with E-state index in [1.165, 1.54) is 5.56 Å². The van der Waals surface area contributed by atoms with Gasteiger partial charge in [-0.25, -0.2) is 0 Å². The fourth-order valence-electron chi connectivity index (χ4n) is 1.63. The van der Waals surface area contributed by atoms with Gasteiger partial charge in [0, 0.05) is 17.8 Å². The summed E-state index contributed by atoms with van der Waals surface area (Å²) in [6.45, 7) is 9.08. The Morgan fingerprint density at radius 1 is 1.35 bits per heavy atom. The minimum atomic E-state index is -0.210. The second kappa shape index (κ2) is 5.41. The SMILES string of the molecule is COc1ccc(NCC(C)(C)N)cc1C(C)C. The molecule has 0 radical (unpaired) electrons. The summed E-state index contributed by atoms with van der Waals surface area (Å²) in [5, 5.41) is 3.35. The third-order valence-electron chi connectivity index (χ3n) is 2.60. The Morgan fingerprint density at radius 3 is 2.47 bits per heavy atom. The Kier molecular flexibility index (Phi) is 4.40. The number of benzene rings is 1. The van der Waals surface area contributed by atoms with E-state index in [0.29, 0.717) is 5.92 Å². The molecule has 0 aromatic heterocycles. The molecule has 0 aliphatic heterocycles. The summed E-state index contributed by atoms with van der Waals surface area (Å²) in [4.78, 5) is 0. The van der Waals surface area contributed by atoms with Gasteiger partial charge >= 0.3 is 0 Å². The molecule has 1 rings (SSSR count). The van der Waals surface area contributed by atoms with Crippen molar-refractivity contribution in [3.8, 4) is 5.75 Å². The van der Waals surface area contributed by atoms with E-state index in [-0.39, 0.29) is 5.54 Å². The fraction of sp³-hybridized carbons (Fsp3) is 0.571. The van der Waals surface area contributed by atoms with Gasteiger partial charge in [0.1, 0.15) is 5.75 Å². The van der Waals surface area contributed by atoms with Gasteiger partial charge in [-0.2, -0.15) is 0 Å². The van der Waals surface area contributed by atoms with Crippen LogP contribution in [0.5, 0.6) is 5.75 Å². The Bertz CT molecular complexity index is 367. The van der Waals surface area contributed by atoms with Crippen molar-refractivity contribution in [2.75, 3.05) is 19.0 Å². The number of nitrogens with two attached hydrogens (primary N) is 1. The number of hydrogen-bond donors (Lipinski definition) is 2. The van der Waals surface area contributed by atoms with Gasteiger partial charge in [-0.15, -0.1) is 0 Å². The van der Waals surface area contributed by atoms with Crippen molar-refractivity contribution in [3.05, 3.63) is 23.8 Å². The number of methoxy groups -OCH3 is 1. The van der Waals surface area contributed by atoms with Crippen LogP contribution in [0, 0.1) is 0 Å². The van der Waals surface area contributed by atoms with Gasteiger partial charge in [0.15, 0.2) is 0 Å². The standard InChI is InChI=1S/C14H24N2O/c1-10(2)12-8-11(6-7-13(12)17-5)16-9-14(3,4)15/h6-8,10,16H,9,15H2,1-5H3. The highest BCUT2D eigenvalue weighted by atomic mass is 16.5. The molecule has 0 fully saturated rings. The molecule has 0 amide bonds. The average molecular weight is 236 g/mol. The van der Waals surface area contributed by atoms with Gasteiger partial charge in [-0.1, -0.05) is 13.8 Å². The first-order chi connectivity index (χ1) is 7.83. The van der Waals surface area contributed by atoms with Crippen LogP contribution in [0.15, 0.2) is 18.2 Å². The fourth-order valence-corrected chi connectivity index (χ4v) is 1.63. The molecule has 17 heavy (non-hydrogen) atoms. The lowest BCUT2D eigenvalue weighted by Crippen LogP contribution is -2.39. The third kappa shape index (κ3) is 4.27. The van der Waals surface area contributed by atoms with E-state index < -0.39 is 0 Å². The van der Waals surface area contributed by atoms with Gasteiger partial charge in [-0.05, 0) is 43.5 Å². The highest BCUT2D eigenvalue weighted by Gasteiger charge is 2.12. The van der Waals surface area contributed by atoms with Crippen molar-refractivity contribution < 1.29 is 4.74 Å². The molecule has 0 saturated carbocycles. The summed E-state index contributed by atoms with van der Waals surface area (Å²) >= 11 is 0. The van der Waals surface area contributed by atoms with Crippen LogP contribution in [-0.4, -0.2) is 19.2 Å².